The third kappa shape index (κ3) is 3.56. The van der Waals surface area contributed by atoms with Gasteiger partial charge in [0, 0.05) is 6.54 Å². The Morgan fingerprint density at radius 2 is 2.50 bits per heavy atom. The number of nitrogens with zero attached hydrogens (tertiary/aromatic N) is 2. The SMILES string of the molecule is CSC(=NCC1CCC(O)C1)NC#N. The van der Waals surface area contributed by atoms with Crippen LogP contribution in [0.3, 0.4) is 0 Å². The van der Waals surface area contributed by atoms with Crippen molar-refractivity contribution < 1.29 is 5.11 Å². The van der Waals surface area contributed by atoms with Gasteiger partial charge in [-0.05, 0) is 31.4 Å². The van der Waals surface area contributed by atoms with Crippen LogP contribution in [0.25, 0.3) is 0 Å². The number of aliphatic hydroxyl groups is 1. The zero-order chi connectivity index (χ0) is 10.4. The first-order valence-corrected chi connectivity index (χ1v) is 5.90. The molecule has 0 heterocycles. The molecule has 4 nitrogen and oxygen atoms in total. The molecule has 0 bridgehead atoms. The van der Waals surface area contributed by atoms with Gasteiger partial charge in [-0.3, -0.25) is 10.3 Å². The topological polar surface area (TPSA) is 68.4 Å². The zero-order valence-corrected chi connectivity index (χ0v) is 9.05. The average molecular weight is 213 g/mol. The summed E-state index contributed by atoms with van der Waals surface area (Å²) in [6.45, 7) is 0.710. The van der Waals surface area contributed by atoms with E-state index in [0.29, 0.717) is 17.6 Å². The molecule has 2 N–H and O–H groups in total. The molecule has 0 amide bonds. The fourth-order valence-corrected chi connectivity index (χ4v) is 1.98. The fourth-order valence-electron chi connectivity index (χ4n) is 1.63. The Bertz CT molecular complexity index is 249. The molecular formula is C9H15N3OS. The van der Waals surface area contributed by atoms with E-state index in [9.17, 15) is 5.11 Å². The molecule has 0 radical (unpaired) electrons. The molecule has 2 unspecified atom stereocenters. The van der Waals surface area contributed by atoms with Gasteiger partial charge in [-0.1, -0.05) is 11.8 Å². The quantitative estimate of drug-likeness (QED) is 0.310. The lowest BCUT2D eigenvalue weighted by atomic mass is 10.1. The number of aliphatic imine (C=N–C) groups is 1. The molecule has 1 aliphatic carbocycles. The Kier molecular flexibility index (Phi) is 4.77. The highest BCUT2D eigenvalue weighted by molar-refractivity contribution is 8.13. The summed E-state index contributed by atoms with van der Waals surface area (Å²) in [4.78, 5) is 4.28. The van der Waals surface area contributed by atoms with Crippen molar-refractivity contribution in [1.82, 2.24) is 5.32 Å². The van der Waals surface area contributed by atoms with E-state index < -0.39 is 0 Å². The number of nitrogens with one attached hydrogen (secondary N) is 1. The standard InChI is InChI=1S/C9H15N3OS/c1-14-9(12-6-10)11-5-7-2-3-8(13)4-7/h7-8,13H,2-5H2,1H3,(H,11,12). The van der Waals surface area contributed by atoms with Gasteiger partial charge in [0.2, 0.25) is 0 Å². The summed E-state index contributed by atoms with van der Waals surface area (Å²) in [6, 6.07) is 0. The van der Waals surface area contributed by atoms with Gasteiger partial charge in [0.15, 0.2) is 11.4 Å². The number of amidine groups is 1. The number of rotatable bonds is 2. The maximum Gasteiger partial charge on any atom is 0.183 e. The monoisotopic (exact) mass is 213 g/mol. The van der Waals surface area contributed by atoms with Crippen molar-refractivity contribution in [3.05, 3.63) is 0 Å². The molecule has 0 spiro atoms. The van der Waals surface area contributed by atoms with Crippen LogP contribution >= 0.6 is 11.8 Å². The van der Waals surface area contributed by atoms with Crippen molar-refractivity contribution >= 4 is 16.9 Å². The number of aliphatic hydroxyl groups excluding tert-OH is 1. The van der Waals surface area contributed by atoms with Crippen molar-refractivity contribution in [2.24, 2.45) is 10.9 Å². The minimum atomic E-state index is -0.142. The first-order chi connectivity index (χ1) is 6.76. The van der Waals surface area contributed by atoms with E-state index in [1.54, 1.807) is 0 Å². The Hall–Kier alpha value is -0.730. The molecule has 2 atom stereocenters. The third-order valence-electron chi connectivity index (χ3n) is 2.36. The van der Waals surface area contributed by atoms with Crippen molar-refractivity contribution in [2.45, 2.75) is 25.4 Å². The van der Waals surface area contributed by atoms with Crippen molar-refractivity contribution in [3.63, 3.8) is 0 Å². The van der Waals surface area contributed by atoms with Crippen LogP contribution in [-0.4, -0.2) is 29.2 Å². The molecule has 0 aromatic carbocycles. The molecule has 1 aliphatic rings. The smallest absolute Gasteiger partial charge is 0.183 e. The van der Waals surface area contributed by atoms with Gasteiger partial charge in [0.25, 0.3) is 0 Å². The zero-order valence-electron chi connectivity index (χ0n) is 8.23. The lowest BCUT2D eigenvalue weighted by Crippen LogP contribution is -2.15. The minimum absolute atomic E-state index is 0.142. The van der Waals surface area contributed by atoms with Crippen LogP contribution in [0.1, 0.15) is 19.3 Å². The summed E-state index contributed by atoms with van der Waals surface area (Å²) in [7, 11) is 0. The molecule has 1 saturated carbocycles. The van der Waals surface area contributed by atoms with Gasteiger partial charge in [-0.15, -0.1) is 0 Å². The van der Waals surface area contributed by atoms with Gasteiger partial charge in [0.1, 0.15) is 0 Å². The predicted molar refractivity (Wildman–Crippen MR) is 57.9 cm³/mol. The van der Waals surface area contributed by atoms with E-state index in [-0.39, 0.29) is 6.10 Å². The highest BCUT2D eigenvalue weighted by Crippen LogP contribution is 2.25. The molecule has 1 rings (SSSR count). The minimum Gasteiger partial charge on any atom is -0.393 e. The summed E-state index contributed by atoms with van der Waals surface area (Å²) >= 11 is 1.43. The third-order valence-corrected chi connectivity index (χ3v) is 2.98. The van der Waals surface area contributed by atoms with E-state index in [1.807, 2.05) is 12.4 Å². The fraction of sp³-hybridized carbons (Fsp3) is 0.778. The summed E-state index contributed by atoms with van der Waals surface area (Å²) in [5.74, 6) is 0.479. The van der Waals surface area contributed by atoms with Gasteiger partial charge in [-0.2, -0.15) is 5.26 Å². The largest absolute Gasteiger partial charge is 0.393 e. The van der Waals surface area contributed by atoms with Gasteiger partial charge >= 0.3 is 0 Å². The second-order valence-corrected chi connectivity index (χ2v) is 4.21. The summed E-state index contributed by atoms with van der Waals surface area (Å²) < 4.78 is 0. The highest BCUT2D eigenvalue weighted by atomic mass is 32.2. The van der Waals surface area contributed by atoms with E-state index >= 15 is 0 Å². The van der Waals surface area contributed by atoms with Crippen molar-refractivity contribution in [2.75, 3.05) is 12.8 Å². The molecule has 0 saturated heterocycles. The van der Waals surface area contributed by atoms with Crippen molar-refractivity contribution in [1.29, 1.82) is 5.26 Å². The van der Waals surface area contributed by atoms with Crippen LogP contribution < -0.4 is 5.32 Å². The highest BCUT2D eigenvalue weighted by Gasteiger charge is 2.22. The van der Waals surface area contributed by atoms with Crippen molar-refractivity contribution in [3.8, 4) is 6.19 Å². The van der Waals surface area contributed by atoms with Crippen LogP contribution in [0, 0.1) is 17.4 Å². The van der Waals surface area contributed by atoms with E-state index in [0.717, 1.165) is 19.3 Å². The van der Waals surface area contributed by atoms with Crippen LogP contribution in [0.4, 0.5) is 0 Å². The summed E-state index contributed by atoms with van der Waals surface area (Å²) in [5.41, 5.74) is 0. The van der Waals surface area contributed by atoms with Crippen LogP contribution in [0.2, 0.25) is 0 Å². The maximum absolute atomic E-state index is 9.30. The van der Waals surface area contributed by atoms with E-state index in [4.69, 9.17) is 5.26 Å². The predicted octanol–water partition coefficient (Wildman–Crippen LogP) is 0.937. The van der Waals surface area contributed by atoms with Crippen LogP contribution in [0.15, 0.2) is 4.99 Å². The van der Waals surface area contributed by atoms with E-state index in [1.165, 1.54) is 11.8 Å². The summed E-state index contributed by atoms with van der Waals surface area (Å²) in [5, 5.41) is 20.9. The molecule has 5 heteroatoms. The Morgan fingerprint density at radius 3 is 3.00 bits per heavy atom. The molecule has 0 aromatic rings. The number of nitriles is 1. The normalized spacial score (nSPS) is 27.4. The van der Waals surface area contributed by atoms with Gasteiger partial charge < -0.3 is 5.11 Å². The molecule has 78 valence electrons. The van der Waals surface area contributed by atoms with Crippen LogP contribution in [-0.2, 0) is 0 Å². The van der Waals surface area contributed by atoms with E-state index in [2.05, 4.69) is 10.3 Å². The maximum atomic E-state index is 9.30. The lowest BCUT2D eigenvalue weighted by Gasteiger charge is -2.06. The van der Waals surface area contributed by atoms with Gasteiger partial charge in [-0.25, -0.2) is 0 Å². The molecule has 1 fully saturated rings. The average Bonchev–Trinajstić information content (AvgIpc) is 2.59. The Balaban J connectivity index is 2.33. The first kappa shape index (κ1) is 11.3. The Labute approximate surface area is 88.4 Å². The molecule has 0 aromatic heterocycles. The molecule has 0 aliphatic heterocycles. The van der Waals surface area contributed by atoms with Crippen LogP contribution in [0.5, 0.6) is 0 Å². The second-order valence-electron chi connectivity index (χ2n) is 3.42. The second kappa shape index (κ2) is 5.89. The Morgan fingerprint density at radius 1 is 1.71 bits per heavy atom. The molecular weight excluding hydrogens is 198 g/mol. The van der Waals surface area contributed by atoms with Gasteiger partial charge in [0.05, 0.1) is 6.10 Å². The summed E-state index contributed by atoms with van der Waals surface area (Å²) in [6.07, 6.45) is 6.37. The number of hydrogen-bond acceptors (Lipinski definition) is 4. The number of hydrogen-bond donors (Lipinski definition) is 2. The number of thioether (sulfide) groups is 1. The lowest BCUT2D eigenvalue weighted by molar-refractivity contribution is 0.178. The molecule has 14 heavy (non-hydrogen) atoms. The first-order valence-electron chi connectivity index (χ1n) is 4.68.